The molecule has 1 aromatic rings. The predicted octanol–water partition coefficient (Wildman–Crippen LogP) is 1.06. The maximum absolute atomic E-state index is 12.5. The van der Waals surface area contributed by atoms with Crippen LogP contribution in [0, 0.1) is 0 Å². The summed E-state index contributed by atoms with van der Waals surface area (Å²) in [4.78, 5) is 14.1. The van der Waals surface area contributed by atoms with Crippen LogP contribution in [0.2, 0.25) is 0 Å². The van der Waals surface area contributed by atoms with Crippen LogP contribution < -0.4 is 0 Å². The minimum absolute atomic E-state index is 0.0224. The Bertz CT molecular complexity index is 884. The van der Waals surface area contributed by atoms with Crippen molar-refractivity contribution in [2.45, 2.75) is 38.1 Å². The molecule has 2 aliphatic heterocycles. The number of hydrogen-bond acceptors (Lipinski definition) is 5. The van der Waals surface area contributed by atoms with E-state index >= 15 is 0 Å². The fourth-order valence-electron chi connectivity index (χ4n) is 3.98. The minimum atomic E-state index is -3.48. The molecule has 1 atom stereocenters. The van der Waals surface area contributed by atoms with Gasteiger partial charge in [-0.2, -0.15) is 4.31 Å². The van der Waals surface area contributed by atoms with Gasteiger partial charge in [0.1, 0.15) is 5.75 Å². The lowest BCUT2D eigenvalue weighted by Crippen LogP contribution is -2.51. The third kappa shape index (κ3) is 5.55. The van der Waals surface area contributed by atoms with Gasteiger partial charge in [0, 0.05) is 25.7 Å². The Balaban J connectivity index is 1.51. The normalized spacial score (nSPS) is 23.0. The summed E-state index contributed by atoms with van der Waals surface area (Å²) < 4.78 is 50.5. The van der Waals surface area contributed by atoms with E-state index < -0.39 is 31.5 Å². The van der Waals surface area contributed by atoms with Crippen molar-refractivity contribution in [3.05, 3.63) is 35.9 Å². The average Bonchev–Trinajstić information content (AvgIpc) is 3.01. The number of hydrogen-bond donors (Lipinski definition) is 0. The summed E-state index contributed by atoms with van der Waals surface area (Å²) >= 11 is 0. The number of sulfone groups is 1. The van der Waals surface area contributed by atoms with Gasteiger partial charge in [-0.15, -0.1) is 0 Å². The molecule has 0 aliphatic carbocycles. The fraction of sp³-hybridized carbons (Fsp3) is 0.632. The van der Waals surface area contributed by atoms with Crippen LogP contribution in [0.4, 0.5) is 0 Å². The maximum Gasteiger partial charge on any atom is 0.237 e. The van der Waals surface area contributed by atoms with Crippen LogP contribution in [0.1, 0.15) is 31.2 Å². The second-order valence-electron chi connectivity index (χ2n) is 7.60. The highest BCUT2D eigenvalue weighted by molar-refractivity contribution is 7.92. The second kappa shape index (κ2) is 8.92. The van der Waals surface area contributed by atoms with Crippen molar-refractivity contribution in [2.24, 2.45) is 0 Å². The van der Waals surface area contributed by atoms with Crippen molar-refractivity contribution < 1.29 is 21.6 Å². The highest BCUT2D eigenvalue weighted by atomic mass is 32.2. The first-order valence-corrected chi connectivity index (χ1v) is 13.2. The zero-order chi connectivity index (χ0) is 20.2. The van der Waals surface area contributed by atoms with Gasteiger partial charge in [-0.1, -0.05) is 30.3 Å². The van der Waals surface area contributed by atoms with E-state index in [9.17, 15) is 21.6 Å². The molecule has 0 radical (unpaired) electrons. The predicted molar refractivity (Wildman–Crippen MR) is 108 cm³/mol. The number of aryl methyl sites for hydroxylation is 1. The second-order valence-corrected chi connectivity index (χ2v) is 11.8. The van der Waals surface area contributed by atoms with E-state index in [0.29, 0.717) is 45.2 Å². The Kier molecular flexibility index (Phi) is 6.77. The van der Waals surface area contributed by atoms with Gasteiger partial charge in [-0.05, 0) is 37.7 Å². The first-order chi connectivity index (χ1) is 13.3. The SMILES string of the molecule is O=C(CS(=O)(=O)CCCc1ccccc1)N1CCCC(N2CCCS2(=O)=O)C1. The highest BCUT2D eigenvalue weighted by Crippen LogP contribution is 2.24. The van der Waals surface area contributed by atoms with Crippen molar-refractivity contribution in [3.8, 4) is 0 Å². The average molecular weight is 429 g/mol. The van der Waals surface area contributed by atoms with E-state index in [1.807, 2.05) is 30.3 Å². The summed E-state index contributed by atoms with van der Waals surface area (Å²) in [6.07, 6.45) is 3.16. The first-order valence-electron chi connectivity index (χ1n) is 9.78. The van der Waals surface area contributed by atoms with Gasteiger partial charge in [0.2, 0.25) is 15.9 Å². The van der Waals surface area contributed by atoms with E-state index in [4.69, 9.17) is 0 Å². The number of likely N-dealkylation sites (tertiary alicyclic amines) is 1. The Morgan fingerprint density at radius 3 is 2.54 bits per heavy atom. The van der Waals surface area contributed by atoms with Gasteiger partial charge in [-0.3, -0.25) is 4.79 Å². The first kappa shape index (κ1) is 21.3. The number of carbonyl (C=O) groups excluding carboxylic acids is 1. The van der Waals surface area contributed by atoms with Crippen LogP contribution in [0.25, 0.3) is 0 Å². The van der Waals surface area contributed by atoms with E-state index in [1.165, 1.54) is 9.21 Å². The number of carbonyl (C=O) groups is 1. The molecule has 2 heterocycles. The fourth-order valence-corrected chi connectivity index (χ4v) is 7.03. The van der Waals surface area contributed by atoms with Crippen LogP contribution in [0.3, 0.4) is 0 Å². The highest BCUT2D eigenvalue weighted by Gasteiger charge is 2.37. The number of benzene rings is 1. The number of rotatable bonds is 7. The lowest BCUT2D eigenvalue weighted by atomic mass is 10.1. The molecule has 1 amide bonds. The number of sulfonamides is 1. The molecule has 156 valence electrons. The molecule has 1 unspecified atom stereocenters. The van der Waals surface area contributed by atoms with E-state index in [2.05, 4.69) is 0 Å². The molecule has 0 aromatic heterocycles. The third-order valence-electron chi connectivity index (χ3n) is 5.40. The van der Waals surface area contributed by atoms with Gasteiger partial charge >= 0.3 is 0 Å². The van der Waals surface area contributed by atoms with Gasteiger partial charge in [0.15, 0.2) is 9.84 Å². The summed E-state index contributed by atoms with van der Waals surface area (Å²) in [5.74, 6) is -0.777. The van der Waals surface area contributed by atoms with Crippen LogP contribution in [-0.4, -0.2) is 74.9 Å². The molecule has 0 bridgehead atoms. The summed E-state index contributed by atoms with van der Waals surface area (Å²) in [6, 6.07) is 9.43. The molecule has 0 N–H and O–H groups in total. The van der Waals surface area contributed by atoms with Crippen molar-refractivity contribution in [2.75, 3.05) is 36.9 Å². The standard InChI is InChI=1S/C19H28N2O5S2/c22-19(16-27(23,24)13-5-9-17-7-2-1-3-8-17)20-11-4-10-18(15-20)21-12-6-14-28(21,25)26/h1-3,7-8,18H,4-6,9-16H2. The third-order valence-corrected chi connectivity index (χ3v) is 9.00. The summed E-state index contributed by atoms with van der Waals surface area (Å²) in [6.45, 7) is 1.27. The molecule has 3 rings (SSSR count). The lowest BCUT2D eigenvalue weighted by Gasteiger charge is -2.36. The Morgan fingerprint density at radius 2 is 1.86 bits per heavy atom. The van der Waals surface area contributed by atoms with Gasteiger partial charge in [0.05, 0.1) is 11.5 Å². The van der Waals surface area contributed by atoms with E-state index in [1.54, 1.807) is 0 Å². The minimum Gasteiger partial charge on any atom is -0.340 e. The number of piperidine rings is 1. The zero-order valence-corrected chi connectivity index (χ0v) is 17.6. The zero-order valence-electron chi connectivity index (χ0n) is 16.0. The monoisotopic (exact) mass is 428 g/mol. The van der Waals surface area contributed by atoms with Crippen molar-refractivity contribution >= 4 is 25.8 Å². The smallest absolute Gasteiger partial charge is 0.237 e. The Labute approximate surface area is 167 Å². The molecular weight excluding hydrogens is 400 g/mol. The van der Waals surface area contributed by atoms with Crippen molar-refractivity contribution in [1.29, 1.82) is 0 Å². The van der Waals surface area contributed by atoms with E-state index in [0.717, 1.165) is 5.56 Å². The van der Waals surface area contributed by atoms with E-state index in [-0.39, 0.29) is 24.1 Å². The molecule has 0 saturated carbocycles. The molecule has 2 aliphatic rings. The van der Waals surface area contributed by atoms with Crippen LogP contribution in [-0.2, 0) is 31.1 Å². The van der Waals surface area contributed by atoms with Crippen molar-refractivity contribution in [3.63, 3.8) is 0 Å². The molecule has 0 spiro atoms. The number of nitrogens with zero attached hydrogens (tertiary/aromatic N) is 2. The molecule has 2 fully saturated rings. The number of amides is 1. The molecule has 9 heteroatoms. The van der Waals surface area contributed by atoms with Crippen LogP contribution >= 0.6 is 0 Å². The van der Waals surface area contributed by atoms with Crippen LogP contribution in [0.5, 0.6) is 0 Å². The molecule has 2 saturated heterocycles. The lowest BCUT2D eigenvalue weighted by molar-refractivity contribution is -0.130. The topological polar surface area (TPSA) is 91.8 Å². The largest absolute Gasteiger partial charge is 0.340 e. The molecule has 7 nitrogen and oxygen atoms in total. The molecule has 28 heavy (non-hydrogen) atoms. The molecular formula is C19H28N2O5S2. The summed E-state index contributed by atoms with van der Waals surface area (Å²) in [5.41, 5.74) is 1.08. The quantitative estimate of drug-likeness (QED) is 0.648. The summed E-state index contributed by atoms with van der Waals surface area (Å²) in [7, 11) is -6.71. The Hall–Kier alpha value is -1.45. The Morgan fingerprint density at radius 1 is 1.11 bits per heavy atom. The molecule has 1 aromatic carbocycles. The van der Waals surface area contributed by atoms with Crippen LogP contribution in [0.15, 0.2) is 30.3 Å². The van der Waals surface area contributed by atoms with Gasteiger partial charge in [-0.25, -0.2) is 16.8 Å². The maximum atomic E-state index is 12.5. The van der Waals surface area contributed by atoms with Gasteiger partial charge in [0.25, 0.3) is 0 Å². The van der Waals surface area contributed by atoms with Crippen molar-refractivity contribution in [1.82, 2.24) is 9.21 Å². The van der Waals surface area contributed by atoms with Gasteiger partial charge < -0.3 is 4.90 Å². The summed E-state index contributed by atoms with van der Waals surface area (Å²) in [5, 5.41) is 0.